The molecule has 31 heavy (non-hydrogen) atoms. The second-order valence-corrected chi connectivity index (χ2v) is 7.66. The van der Waals surface area contributed by atoms with E-state index >= 15 is 0 Å². The van der Waals surface area contributed by atoms with Crippen LogP contribution in [-0.4, -0.2) is 47.6 Å². The number of hydrogen-bond acceptors (Lipinski definition) is 5. The summed E-state index contributed by atoms with van der Waals surface area (Å²) < 4.78 is 18.4. The van der Waals surface area contributed by atoms with Gasteiger partial charge in [-0.05, 0) is 61.2 Å². The van der Waals surface area contributed by atoms with Gasteiger partial charge < -0.3 is 25.8 Å². The zero-order valence-corrected chi connectivity index (χ0v) is 17.5. The molecule has 0 aromatic heterocycles. The molecule has 8 heteroatoms. The Kier molecular flexibility index (Phi) is 7.46. The number of nitrogens with zero attached hydrogens (tertiary/aromatic N) is 1. The quantitative estimate of drug-likeness (QED) is 0.530. The summed E-state index contributed by atoms with van der Waals surface area (Å²) in [7, 11) is 1.45. The van der Waals surface area contributed by atoms with Gasteiger partial charge in [-0.3, -0.25) is 9.59 Å². The van der Waals surface area contributed by atoms with Crippen molar-refractivity contribution in [2.24, 2.45) is 5.73 Å². The molecular formula is C23H28FN3O4. The lowest BCUT2D eigenvalue weighted by molar-refractivity contribution is -0.150. The minimum Gasteiger partial charge on any atom is -0.504 e. The van der Waals surface area contributed by atoms with Crippen molar-refractivity contribution in [1.82, 2.24) is 10.2 Å². The molecule has 3 rings (SSSR count). The number of aromatic hydroxyl groups is 1. The molecule has 1 fully saturated rings. The minimum atomic E-state index is -0.734. The summed E-state index contributed by atoms with van der Waals surface area (Å²) in [5.41, 5.74) is 7.08. The number of unbranched alkanes of at least 4 members (excludes halogenated alkanes) is 1. The van der Waals surface area contributed by atoms with Crippen molar-refractivity contribution in [1.29, 1.82) is 0 Å². The molecule has 0 aliphatic carbocycles. The number of benzene rings is 2. The standard InChI is InChI=1S/C23H28FN3O4/c1-31-21-13-16(7-10-20(21)28)14-27-19(4-2-3-11-25)22(29)26-18(23(27)30)12-15-5-8-17(24)9-6-15/h5-10,13,18-19,28H,2-4,11-12,14,25H2,1H3,(H,26,29). The van der Waals surface area contributed by atoms with Crippen LogP contribution in [0.15, 0.2) is 42.5 Å². The van der Waals surface area contributed by atoms with Crippen LogP contribution in [0.5, 0.6) is 11.5 Å². The van der Waals surface area contributed by atoms with Crippen LogP contribution in [0.4, 0.5) is 4.39 Å². The van der Waals surface area contributed by atoms with Crippen molar-refractivity contribution in [3.05, 3.63) is 59.4 Å². The first kappa shape index (κ1) is 22.6. The van der Waals surface area contributed by atoms with Gasteiger partial charge in [0.05, 0.1) is 7.11 Å². The largest absolute Gasteiger partial charge is 0.504 e. The molecule has 4 N–H and O–H groups in total. The normalized spacial score (nSPS) is 18.7. The van der Waals surface area contributed by atoms with Gasteiger partial charge >= 0.3 is 0 Å². The molecule has 7 nitrogen and oxygen atoms in total. The fourth-order valence-corrected chi connectivity index (χ4v) is 3.79. The van der Waals surface area contributed by atoms with E-state index in [1.165, 1.54) is 25.3 Å². The summed E-state index contributed by atoms with van der Waals surface area (Å²) in [6.45, 7) is 0.723. The molecule has 0 radical (unpaired) electrons. The van der Waals surface area contributed by atoms with Gasteiger partial charge in [-0.25, -0.2) is 4.39 Å². The zero-order valence-electron chi connectivity index (χ0n) is 17.5. The van der Waals surface area contributed by atoms with Crippen molar-refractivity contribution in [2.75, 3.05) is 13.7 Å². The van der Waals surface area contributed by atoms with Crippen LogP contribution < -0.4 is 15.8 Å². The maximum absolute atomic E-state index is 13.3. The average molecular weight is 429 g/mol. The predicted octanol–water partition coefficient (Wildman–Crippen LogP) is 2.11. The Labute approximate surface area is 181 Å². The van der Waals surface area contributed by atoms with Gasteiger partial charge in [0, 0.05) is 13.0 Å². The van der Waals surface area contributed by atoms with E-state index < -0.39 is 12.1 Å². The van der Waals surface area contributed by atoms with Crippen molar-refractivity contribution in [3.63, 3.8) is 0 Å². The second kappa shape index (κ2) is 10.3. The minimum absolute atomic E-state index is 0.00245. The van der Waals surface area contributed by atoms with Crippen LogP contribution >= 0.6 is 0 Å². The molecular weight excluding hydrogens is 401 g/mol. The number of phenolic OH excluding ortho intramolecular Hbond substituents is 1. The first-order valence-electron chi connectivity index (χ1n) is 10.3. The van der Waals surface area contributed by atoms with E-state index in [1.54, 1.807) is 29.2 Å². The highest BCUT2D eigenvalue weighted by molar-refractivity contribution is 5.97. The van der Waals surface area contributed by atoms with E-state index in [0.29, 0.717) is 18.7 Å². The maximum atomic E-state index is 13.3. The predicted molar refractivity (Wildman–Crippen MR) is 114 cm³/mol. The number of nitrogens with one attached hydrogen (secondary N) is 1. The van der Waals surface area contributed by atoms with E-state index in [0.717, 1.165) is 24.0 Å². The number of carbonyl (C=O) groups is 2. The van der Waals surface area contributed by atoms with Crippen LogP contribution in [0, 0.1) is 5.82 Å². The molecule has 2 aromatic carbocycles. The maximum Gasteiger partial charge on any atom is 0.246 e. The second-order valence-electron chi connectivity index (χ2n) is 7.66. The van der Waals surface area contributed by atoms with Gasteiger partial charge in [0.1, 0.15) is 17.9 Å². The van der Waals surface area contributed by atoms with Crippen LogP contribution in [0.25, 0.3) is 0 Å². The van der Waals surface area contributed by atoms with Gasteiger partial charge in [0.25, 0.3) is 0 Å². The number of piperazine rings is 1. The third kappa shape index (κ3) is 5.52. The van der Waals surface area contributed by atoms with Crippen molar-refractivity contribution in [2.45, 2.75) is 44.3 Å². The summed E-state index contributed by atoms with van der Waals surface area (Å²) in [6, 6.07) is 9.40. The third-order valence-corrected chi connectivity index (χ3v) is 5.46. The van der Waals surface area contributed by atoms with Crippen LogP contribution in [0.1, 0.15) is 30.4 Å². The molecule has 0 spiro atoms. The van der Waals surface area contributed by atoms with Crippen molar-refractivity contribution < 1.29 is 23.8 Å². The molecule has 166 valence electrons. The van der Waals surface area contributed by atoms with E-state index in [4.69, 9.17) is 10.5 Å². The number of nitrogens with two attached hydrogens (primary N) is 1. The Morgan fingerprint density at radius 2 is 1.84 bits per heavy atom. The number of amides is 2. The molecule has 0 saturated carbocycles. The Bertz CT molecular complexity index is 920. The lowest BCUT2D eigenvalue weighted by Gasteiger charge is -2.39. The highest BCUT2D eigenvalue weighted by Gasteiger charge is 2.40. The number of halogens is 1. The summed E-state index contributed by atoms with van der Waals surface area (Å²) in [5.74, 6) is -0.467. The Morgan fingerprint density at radius 1 is 1.13 bits per heavy atom. The number of rotatable bonds is 9. The summed E-state index contributed by atoms with van der Waals surface area (Å²) in [5, 5.41) is 12.7. The van der Waals surface area contributed by atoms with Gasteiger partial charge in [0.15, 0.2) is 11.5 Å². The molecule has 2 aromatic rings. The highest BCUT2D eigenvalue weighted by atomic mass is 19.1. The van der Waals surface area contributed by atoms with Crippen molar-refractivity contribution in [3.8, 4) is 11.5 Å². The van der Waals surface area contributed by atoms with E-state index in [2.05, 4.69) is 5.32 Å². The monoisotopic (exact) mass is 429 g/mol. The van der Waals surface area contributed by atoms with E-state index in [1.807, 2.05) is 0 Å². The molecule has 1 aliphatic rings. The number of methoxy groups -OCH3 is 1. The number of carbonyl (C=O) groups excluding carboxylic acids is 2. The van der Waals surface area contributed by atoms with Gasteiger partial charge in [0.2, 0.25) is 11.8 Å². The van der Waals surface area contributed by atoms with Gasteiger partial charge in [-0.15, -0.1) is 0 Å². The first-order valence-corrected chi connectivity index (χ1v) is 10.3. The van der Waals surface area contributed by atoms with E-state index in [-0.39, 0.29) is 36.3 Å². The van der Waals surface area contributed by atoms with Crippen LogP contribution in [0.2, 0.25) is 0 Å². The Morgan fingerprint density at radius 3 is 2.52 bits per heavy atom. The van der Waals surface area contributed by atoms with Gasteiger partial charge in [-0.2, -0.15) is 0 Å². The Balaban J connectivity index is 1.83. The summed E-state index contributed by atoms with van der Waals surface area (Å²) in [4.78, 5) is 27.8. The summed E-state index contributed by atoms with van der Waals surface area (Å²) >= 11 is 0. The molecule has 2 unspecified atom stereocenters. The van der Waals surface area contributed by atoms with Crippen LogP contribution in [-0.2, 0) is 22.6 Å². The molecule has 1 aliphatic heterocycles. The molecule has 2 atom stereocenters. The number of hydrogen-bond donors (Lipinski definition) is 3. The fourth-order valence-electron chi connectivity index (χ4n) is 3.79. The average Bonchev–Trinajstić information content (AvgIpc) is 2.76. The highest BCUT2D eigenvalue weighted by Crippen LogP contribution is 2.28. The topological polar surface area (TPSA) is 105 Å². The Hall–Kier alpha value is -3.13. The SMILES string of the molecule is COc1cc(CN2C(=O)C(Cc3ccc(F)cc3)NC(=O)C2CCCCN)ccc1O. The first-order chi connectivity index (χ1) is 14.9. The smallest absolute Gasteiger partial charge is 0.246 e. The van der Waals surface area contributed by atoms with E-state index in [9.17, 15) is 19.1 Å². The third-order valence-electron chi connectivity index (χ3n) is 5.46. The zero-order chi connectivity index (χ0) is 22.4. The molecule has 0 bridgehead atoms. The molecule has 2 amide bonds. The summed E-state index contributed by atoms with van der Waals surface area (Å²) in [6.07, 6.45) is 2.26. The molecule has 1 heterocycles. The fraction of sp³-hybridized carbons (Fsp3) is 0.391. The molecule has 1 saturated heterocycles. The lowest BCUT2D eigenvalue weighted by Crippen LogP contribution is -2.63. The van der Waals surface area contributed by atoms with Gasteiger partial charge in [-0.1, -0.05) is 18.2 Å². The number of phenols is 1. The van der Waals surface area contributed by atoms with Crippen molar-refractivity contribution >= 4 is 11.8 Å². The lowest BCUT2D eigenvalue weighted by atomic mass is 9.97. The van der Waals surface area contributed by atoms with Crippen LogP contribution in [0.3, 0.4) is 0 Å². The number of ether oxygens (including phenoxy) is 1.